The molecule has 0 aliphatic carbocycles. The number of hydrogen-bond donors (Lipinski definition) is 0. The Hall–Kier alpha value is -2.62. The lowest BCUT2D eigenvalue weighted by Crippen LogP contribution is -2.19. The molecule has 1 unspecified atom stereocenters. The molecule has 0 bridgehead atoms. The lowest BCUT2D eigenvalue weighted by molar-refractivity contribution is -0.144. The molecule has 0 radical (unpaired) electrons. The zero-order valence-corrected chi connectivity index (χ0v) is 19.3. The Kier molecular flexibility index (Phi) is 7.83. The maximum absolute atomic E-state index is 12.8. The van der Waals surface area contributed by atoms with E-state index in [2.05, 4.69) is 27.7 Å². The summed E-state index contributed by atoms with van der Waals surface area (Å²) in [5, 5.41) is 0. The molecule has 4 heteroatoms. The Morgan fingerprint density at radius 3 is 2.20 bits per heavy atom. The zero-order chi connectivity index (χ0) is 22.5. The number of aryl methyl sites for hydroxylation is 2. The van der Waals surface area contributed by atoms with Crippen LogP contribution in [-0.2, 0) is 21.4 Å². The van der Waals surface area contributed by atoms with E-state index >= 15 is 0 Å². The van der Waals surface area contributed by atoms with Crippen LogP contribution in [0.3, 0.4) is 0 Å². The SMILES string of the molecule is CCCc1ccc(C(=O)Oc2c(C)cc(C(C)(C)C)cc2C(C)C(=O)OCC)cc1. The summed E-state index contributed by atoms with van der Waals surface area (Å²) in [5.41, 5.74) is 4.15. The van der Waals surface area contributed by atoms with Crippen molar-refractivity contribution in [3.8, 4) is 5.75 Å². The molecule has 2 aromatic rings. The first-order chi connectivity index (χ1) is 14.1. The molecule has 0 aliphatic heterocycles. The zero-order valence-electron chi connectivity index (χ0n) is 19.3. The van der Waals surface area contributed by atoms with Crippen molar-refractivity contribution in [1.29, 1.82) is 0 Å². The van der Waals surface area contributed by atoms with E-state index in [0.717, 1.165) is 24.0 Å². The van der Waals surface area contributed by atoms with Gasteiger partial charge in [-0.3, -0.25) is 4.79 Å². The van der Waals surface area contributed by atoms with Crippen LogP contribution in [0.5, 0.6) is 5.75 Å². The molecule has 0 fully saturated rings. The van der Waals surface area contributed by atoms with Crippen LogP contribution in [0.1, 0.15) is 86.5 Å². The lowest BCUT2D eigenvalue weighted by atomic mass is 9.83. The monoisotopic (exact) mass is 410 g/mol. The third-order valence-electron chi connectivity index (χ3n) is 5.20. The van der Waals surface area contributed by atoms with Gasteiger partial charge in [0.2, 0.25) is 0 Å². The van der Waals surface area contributed by atoms with Crippen LogP contribution in [0.25, 0.3) is 0 Å². The summed E-state index contributed by atoms with van der Waals surface area (Å²) in [5.74, 6) is -0.863. The first kappa shape index (κ1) is 23.7. The minimum atomic E-state index is -0.541. The summed E-state index contributed by atoms with van der Waals surface area (Å²) in [6.07, 6.45) is 2.03. The van der Waals surface area contributed by atoms with Gasteiger partial charge in [0, 0.05) is 5.56 Å². The molecule has 2 aromatic carbocycles. The molecule has 0 heterocycles. The molecule has 0 saturated carbocycles. The molecular weight excluding hydrogens is 376 g/mol. The van der Waals surface area contributed by atoms with Crippen LogP contribution in [-0.4, -0.2) is 18.5 Å². The summed E-state index contributed by atoms with van der Waals surface area (Å²) in [4.78, 5) is 25.3. The number of carbonyl (C=O) groups excluding carboxylic acids is 2. The molecule has 2 rings (SSSR count). The van der Waals surface area contributed by atoms with Gasteiger partial charge < -0.3 is 9.47 Å². The van der Waals surface area contributed by atoms with E-state index < -0.39 is 11.9 Å². The third-order valence-corrected chi connectivity index (χ3v) is 5.20. The van der Waals surface area contributed by atoms with Crippen LogP contribution < -0.4 is 4.74 Å². The van der Waals surface area contributed by atoms with E-state index in [0.29, 0.717) is 23.5 Å². The quantitative estimate of drug-likeness (QED) is 0.407. The van der Waals surface area contributed by atoms with Crippen molar-refractivity contribution in [2.75, 3.05) is 6.61 Å². The highest BCUT2D eigenvalue weighted by molar-refractivity contribution is 5.92. The average molecular weight is 411 g/mol. The van der Waals surface area contributed by atoms with Gasteiger partial charge in [-0.15, -0.1) is 0 Å². The number of benzene rings is 2. The molecule has 162 valence electrons. The van der Waals surface area contributed by atoms with E-state index in [1.807, 2.05) is 31.2 Å². The Labute approximate surface area is 180 Å². The Bertz CT molecular complexity index is 888. The predicted octanol–water partition coefficient (Wildman–Crippen LogP) is 6.13. The van der Waals surface area contributed by atoms with Gasteiger partial charge in [0.1, 0.15) is 5.75 Å². The molecule has 0 aromatic heterocycles. The standard InChI is InChI=1S/C26H34O4/c1-8-10-19-11-13-20(14-12-19)25(28)30-23-17(3)15-21(26(5,6)7)16-22(23)18(4)24(27)29-9-2/h11-16,18H,8-10H2,1-7H3. The highest BCUT2D eigenvalue weighted by Crippen LogP contribution is 2.36. The summed E-state index contributed by atoms with van der Waals surface area (Å²) in [6.45, 7) is 14.3. The summed E-state index contributed by atoms with van der Waals surface area (Å²) in [6, 6.07) is 11.5. The number of ether oxygens (including phenoxy) is 2. The van der Waals surface area contributed by atoms with Crippen LogP contribution >= 0.6 is 0 Å². The fraction of sp³-hybridized carbons (Fsp3) is 0.462. The normalized spacial score (nSPS) is 12.4. The minimum Gasteiger partial charge on any atom is -0.466 e. The summed E-state index contributed by atoms with van der Waals surface area (Å²) in [7, 11) is 0. The van der Waals surface area contributed by atoms with Crippen LogP contribution in [0.2, 0.25) is 0 Å². The molecule has 0 amide bonds. The van der Waals surface area contributed by atoms with E-state index in [1.54, 1.807) is 26.0 Å². The Morgan fingerprint density at radius 2 is 1.67 bits per heavy atom. The molecule has 0 spiro atoms. The lowest BCUT2D eigenvalue weighted by Gasteiger charge is -2.24. The molecule has 0 N–H and O–H groups in total. The first-order valence-electron chi connectivity index (χ1n) is 10.7. The average Bonchev–Trinajstić information content (AvgIpc) is 2.68. The molecule has 30 heavy (non-hydrogen) atoms. The smallest absolute Gasteiger partial charge is 0.343 e. The number of carbonyl (C=O) groups is 2. The van der Waals surface area contributed by atoms with Crippen LogP contribution in [0, 0.1) is 6.92 Å². The van der Waals surface area contributed by atoms with Gasteiger partial charge in [0.15, 0.2) is 0 Å². The summed E-state index contributed by atoms with van der Waals surface area (Å²) >= 11 is 0. The minimum absolute atomic E-state index is 0.106. The van der Waals surface area contributed by atoms with Gasteiger partial charge in [-0.05, 0) is 61.4 Å². The molecule has 1 atom stereocenters. The second kappa shape index (κ2) is 9.92. The van der Waals surface area contributed by atoms with Gasteiger partial charge >= 0.3 is 11.9 Å². The van der Waals surface area contributed by atoms with Crippen molar-refractivity contribution in [3.63, 3.8) is 0 Å². The Morgan fingerprint density at radius 1 is 1.03 bits per heavy atom. The second-order valence-electron chi connectivity index (χ2n) is 8.77. The largest absolute Gasteiger partial charge is 0.466 e. The van der Waals surface area contributed by atoms with Gasteiger partial charge in [-0.25, -0.2) is 4.79 Å². The van der Waals surface area contributed by atoms with Crippen molar-refractivity contribution in [1.82, 2.24) is 0 Å². The number of hydrogen-bond acceptors (Lipinski definition) is 4. The number of esters is 2. The maximum Gasteiger partial charge on any atom is 0.343 e. The molecule has 4 nitrogen and oxygen atoms in total. The summed E-state index contributed by atoms with van der Waals surface area (Å²) < 4.78 is 11.1. The number of rotatable bonds is 7. The molecule has 0 aliphatic rings. The highest BCUT2D eigenvalue weighted by Gasteiger charge is 2.27. The van der Waals surface area contributed by atoms with Gasteiger partial charge in [0.05, 0.1) is 18.1 Å². The second-order valence-corrected chi connectivity index (χ2v) is 8.77. The highest BCUT2D eigenvalue weighted by atomic mass is 16.5. The molecular formula is C26H34O4. The topological polar surface area (TPSA) is 52.6 Å². The van der Waals surface area contributed by atoms with Crippen LogP contribution in [0.4, 0.5) is 0 Å². The van der Waals surface area contributed by atoms with Crippen molar-refractivity contribution in [2.24, 2.45) is 0 Å². The van der Waals surface area contributed by atoms with Gasteiger partial charge in [0.25, 0.3) is 0 Å². The van der Waals surface area contributed by atoms with Crippen molar-refractivity contribution in [2.45, 2.75) is 72.6 Å². The molecule has 0 saturated heterocycles. The third kappa shape index (κ3) is 5.71. The van der Waals surface area contributed by atoms with Crippen LogP contribution in [0.15, 0.2) is 36.4 Å². The first-order valence-corrected chi connectivity index (χ1v) is 10.7. The van der Waals surface area contributed by atoms with Gasteiger partial charge in [-0.2, -0.15) is 0 Å². The maximum atomic E-state index is 12.8. The fourth-order valence-corrected chi connectivity index (χ4v) is 3.34. The van der Waals surface area contributed by atoms with Gasteiger partial charge in [-0.1, -0.05) is 58.4 Å². The fourth-order valence-electron chi connectivity index (χ4n) is 3.34. The van der Waals surface area contributed by atoms with E-state index in [9.17, 15) is 9.59 Å². The van der Waals surface area contributed by atoms with E-state index in [4.69, 9.17) is 9.47 Å². The van der Waals surface area contributed by atoms with E-state index in [-0.39, 0.29) is 11.4 Å². The van der Waals surface area contributed by atoms with Crippen molar-refractivity contribution in [3.05, 3.63) is 64.2 Å². The van der Waals surface area contributed by atoms with Crippen molar-refractivity contribution < 1.29 is 19.1 Å². The van der Waals surface area contributed by atoms with Crippen molar-refractivity contribution >= 4 is 11.9 Å². The van der Waals surface area contributed by atoms with E-state index in [1.165, 1.54) is 5.56 Å². The Balaban J connectivity index is 2.44. The predicted molar refractivity (Wildman–Crippen MR) is 120 cm³/mol.